The Kier molecular flexibility index (Phi) is 4.14. The molecular weight excluding hydrogens is 344 g/mol. The normalized spacial score (nSPS) is 20.5. The number of oxazole rings is 1. The highest BCUT2D eigenvalue weighted by Gasteiger charge is 2.29. The Morgan fingerprint density at radius 3 is 2.74 bits per heavy atom. The number of aliphatic hydroxyl groups excluding tert-OH is 1. The molecule has 0 radical (unpaired) electrons. The van der Waals surface area contributed by atoms with E-state index >= 15 is 0 Å². The van der Waals surface area contributed by atoms with Gasteiger partial charge in [-0.05, 0) is 52.2 Å². The summed E-state index contributed by atoms with van der Waals surface area (Å²) in [5.41, 5.74) is 2.85. The molecule has 1 aliphatic rings. The monoisotopic (exact) mass is 370 g/mol. The molecule has 2 aromatic heterocycles. The van der Waals surface area contributed by atoms with E-state index in [2.05, 4.69) is 32.2 Å². The van der Waals surface area contributed by atoms with Gasteiger partial charge in [0.15, 0.2) is 5.58 Å². The van der Waals surface area contributed by atoms with Crippen molar-refractivity contribution >= 4 is 22.6 Å². The number of hydrogen-bond acceptors (Lipinski definition) is 5. The van der Waals surface area contributed by atoms with E-state index in [0.717, 1.165) is 42.0 Å². The minimum Gasteiger partial charge on any atom is -0.408 e. The quantitative estimate of drug-likeness (QED) is 0.737. The molecule has 3 aromatic rings. The van der Waals surface area contributed by atoms with Crippen molar-refractivity contribution in [3.63, 3.8) is 0 Å². The lowest BCUT2D eigenvalue weighted by Gasteiger charge is -2.23. The molecule has 0 unspecified atom stereocenters. The number of rotatable bonds is 3. The van der Waals surface area contributed by atoms with Gasteiger partial charge in [0.1, 0.15) is 11.3 Å². The first kappa shape index (κ1) is 17.9. The Morgan fingerprint density at radius 1 is 1.30 bits per heavy atom. The fourth-order valence-electron chi connectivity index (χ4n) is 3.87. The number of benzene rings is 1. The fraction of sp³-hybridized carbons (Fsp3) is 0.500. The summed E-state index contributed by atoms with van der Waals surface area (Å²) in [6, 6.07) is 7.63. The van der Waals surface area contributed by atoms with Crippen LogP contribution in [0.4, 0.5) is 11.5 Å². The average Bonchev–Trinajstić information content (AvgIpc) is 3.26. The lowest BCUT2D eigenvalue weighted by Crippen LogP contribution is -2.25. The molecule has 1 saturated carbocycles. The first-order valence-corrected chi connectivity index (χ1v) is 9.38. The molecule has 1 fully saturated rings. The van der Waals surface area contributed by atoms with E-state index in [-0.39, 0.29) is 23.3 Å². The lowest BCUT2D eigenvalue weighted by molar-refractivity contribution is 0.181. The second kappa shape index (κ2) is 6.27. The Morgan fingerprint density at radius 2 is 2.07 bits per heavy atom. The van der Waals surface area contributed by atoms with E-state index in [1.807, 2.05) is 16.8 Å². The summed E-state index contributed by atoms with van der Waals surface area (Å²) in [7, 11) is 1.70. The Balaban J connectivity index is 1.78. The summed E-state index contributed by atoms with van der Waals surface area (Å²) in [6.07, 6.45) is 2.30. The van der Waals surface area contributed by atoms with Gasteiger partial charge in [-0.25, -0.2) is 9.48 Å². The zero-order valence-corrected chi connectivity index (χ0v) is 16.2. The third kappa shape index (κ3) is 3.16. The second-order valence-corrected chi connectivity index (χ2v) is 8.41. The molecule has 2 atom stereocenters. The molecule has 0 amide bonds. The fourth-order valence-corrected chi connectivity index (χ4v) is 3.87. The number of nitrogens with one attached hydrogen (secondary N) is 1. The third-order valence-electron chi connectivity index (χ3n) is 5.26. The predicted octanol–water partition coefficient (Wildman–Crippen LogP) is 3.46. The van der Waals surface area contributed by atoms with Gasteiger partial charge < -0.3 is 14.8 Å². The largest absolute Gasteiger partial charge is 0.419 e. The van der Waals surface area contributed by atoms with Crippen molar-refractivity contribution in [2.45, 2.75) is 57.6 Å². The van der Waals surface area contributed by atoms with Gasteiger partial charge in [-0.3, -0.25) is 4.57 Å². The minimum absolute atomic E-state index is 0.214. The van der Waals surface area contributed by atoms with Crippen molar-refractivity contribution < 1.29 is 9.52 Å². The molecule has 0 saturated heterocycles. The van der Waals surface area contributed by atoms with Crippen LogP contribution in [0.3, 0.4) is 0 Å². The summed E-state index contributed by atoms with van der Waals surface area (Å²) in [4.78, 5) is 11.9. The molecule has 4 rings (SSSR count). The van der Waals surface area contributed by atoms with Crippen LogP contribution >= 0.6 is 0 Å². The zero-order valence-electron chi connectivity index (χ0n) is 16.2. The maximum absolute atomic E-state index is 11.9. The molecule has 27 heavy (non-hydrogen) atoms. The van der Waals surface area contributed by atoms with Gasteiger partial charge in [0.25, 0.3) is 0 Å². The van der Waals surface area contributed by atoms with Gasteiger partial charge >= 0.3 is 5.76 Å². The molecule has 144 valence electrons. The Hall–Kier alpha value is -2.54. The van der Waals surface area contributed by atoms with Gasteiger partial charge in [0.2, 0.25) is 0 Å². The van der Waals surface area contributed by atoms with Gasteiger partial charge in [-0.1, -0.05) is 6.07 Å². The van der Waals surface area contributed by atoms with Crippen molar-refractivity contribution in [2.24, 2.45) is 7.05 Å². The zero-order chi connectivity index (χ0) is 19.3. The molecule has 2 N–H and O–H groups in total. The summed E-state index contributed by atoms with van der Waals surface area (Å²) >= 11 is 0. The highest BCUT2D eigenvalue weighted by molar-refractivity contribution is 5.89. The summed E-state index contributed by atoms with van der Waals surface area (Å²) in [5, 5.41) is 18.2. The van der Waals surface area contributed by atoms with Crippen LogP contribution in [-0.4, -0.2) is 25.6 Å². The van der Waals surface area contributed by atoms with E-state index in [0.29, 0.717) is 5.58 Å². The molecule has 2 heterocycles. The molecule has 0 bridgehead atoms. The van der Waals surface area contributed by atoms with Crippen molar-refractivity contribution in [1.29, 1.82) is 0 Å². The van der Waals surface area contributed by atoms with E-state index in [4.69, 9.17) is 9.52 Å². The second-order valence-electron chi connectivity index (χ2n) is 8.41. The molecule has 7 nitrogen and oxygen atoms in total. The molecular formula is C20H26N4O3. The number of hydrogen-bond donors (Lipinski definition) is 2. The number of para-hydroxylation sites is 1. The SMILES string of the molecule is Cn1c(=O)oc2cccc(Nc3cc([C@H]4CC[C@@H](O)C4)nn3C(C)(C)C)c21. The number of aliphatic hydroxyl groups is 1. The van der Waals surface area contributed by atoms with E-state index in [1.165, 1.54) is 4.57 Å². The van der Waals surface area contributed by atoms with Gasteiger partial charge in [-0.2, -0.15) is 5.10 Å². The number of aryl methyl sites for hydroxylation is 1. The number of fused-ring (bicyclic) bond motifs is 1. The third-order valence-corrected chi connectivity index (χ3v) is 5.26. The van der Waals surface area contributed by atoms with Crippen molar-refractivity contribution in [3.05, 3.63) is 40.5 Å². The topological polar surface area (TPSA) is 85.2 Å². The summed E-state index contributed by atoms with van der Waals surface area (Å²) < 4.78 is 8.77. The first-order valence-electron chi connectivity index (χ1n) is 9.38. The van der Waals surface area contributed by atoms with Crippen molar-refractivity contribution in [2.75, 3.05) is 5.32 Å². The van der Waals surface area contributed by atoms with Crippen molar-refractivity contribution in [1.82, 2.24) is 14.3 Å². The Labute approximate surface area is 157 Å². The molecule has 1 aliphatic carbocycles. The minimum atomic E-state index is -0.385. The van der Waals surface area contributed by atoms with Gasteiger partial charge in [0.05, 0.1) is 23.0 Å². The molecule has 1 aromatic carbocycles. The maximum atomic E-state index is 11.9. The standard InChI is InChI=1S/C20H26N4O3/c1-20(2,3)24-17(11-15(22-24)12-8-9-13(25)10-12)21-14-6-5-7-16-18(14)23(4)19(26)27-16/h5-7,11-13,21,25H,8-10H2,1-4H3/t12-,13+/m0/s1. The predicted molar refractivity (Wildman–Crippen MR) is 105 cm³/mol. The summed E-state index contributed by atoms with van der Waals surface area (Å²) in [5.74, 6) is 0.752. The number of nitrogens with zero attached hydrogens (tertiary/aromatic N) is 3. The van der Waals surface area contributed by atoms with Crippen LogP contribution in [0.2, 0.25) is 0 Å². The van der Waals surface area contributed by atoms with Crippen LogP contribution in [0.25, 0.3) is 11.1 Å². The van der Waals surface area contributed by atoms with Crippen LogP contribution < -0.4 is 11.1 Å². The van der Waals surface area contributed by atoms with Crippen LogP contribution in [-0.2, 0) is 12.6 Å². The first-order chi connectivity index (χ1) is 12.7. The van der Waals surface area contributed by atoms with Crippen LogP contribution in [0.15, 0.2) is 33.5 Å². The Bertz CT molecular complexity index is 1040. The van der Waals surface area contributed by atoms with Crippen LogP contribution in [0.1, 0.15) is 51.6 Å². The van der Waals surface area contributed by atoms with E-state index in [1.54, 1.807) is 13.1 Å². The highest BCUT2D eigenvalue weighted by Crippen LogP contribution is 2.37. The molecule has 0 spiro atoms. The van der Waals surface area contributed by atoms with Crippen LogP contribution in [0, 0.1) is 0 Å². The van der Waals surface area contributed by atoms with Crippen molar-refractivity contribution in [3.8, 4) is 0 Å². The van der Waals surface area contributed by atoms with Gasteiger partial charge in [0, 0.05) is 19.0 Å². The number of aromatic nitrogens is 3. The smallest absolute Gasteiger partial charge is 0.408 e. The number of anilines is 2. The summed E-state index contributed by atoms with van der Waals surface area (Å²) in [6.45, 7) is 6.31. The lowest BCUT2D eigenvalue weighted by atomic mass is 10.0. The van der Waals surface area contributed by atoms with E-state index in [9.17, 15) is 9.90 Å². The average molecular weight is 370 g/mol. The van der Waals surface area contributed by atoms with Gasteiger partial charge in [-0.15, -0.1) is 0 Å². The molecule has 7 heteroatoms. The molecule has 0 aliphatic heterocycles. The maximum Gasteiger partial charge on any atom is 0.419 e. The van der Waals surface area contributed by atoms with Crippen LogP contribution in [0.5, 0.6) is 0 Å². The highest BCUT2D eigenvalue weighted by atomic mass is 16.4. The van der Waals surface area contributed by atoms with E-state index < -0.39 is 0 Å².